The third-order valence-electron chi connectivity index (χ3n) is 9.78. The smallest absolute Gasteiger partial charge is 0.317 e. The van der Waals surface area contributed by atoms with Crippen LogP contribution in [0.25, 0.3) is 0 Å². The normalized spacial score (nSPS) is 27.8. The average Bonchev–Trinajstić information content (AvgIpc) is 2.93. The van der Waals surface area contributed by atoms with Gasteiger partial charge in [0.05, 0.1) is 18.9 Å². The summed E-state index contributed by atoms with van der Waals surface area (Å²) in [4.78, 5) is 30.7. The van der Waals surface area contributed by atoms with Gasteiger partial charge in [-0.2, -0.15) is 4.31 Å². The van der Waals surface area contributed by atoms with Gasteiger partial charge in [-0.05, 0) is 93.7 Å². The van der Waals surface area contributed by atoms with Crippen LogP contribution in [0.4, 0.5) is 9.18 Å². The maximum atomic E-state index is 14.0. The van der Waals surface area contributed by atoms with Gasteiger partial charge >= 0.3 is 6.03 Å². The first-order valence-corrected chi connectivity index (χ1v) is 16.8. The molecule has 1 aromatic carbocycles. The zero-order valence-electron chi connectivity index (χ0n) is 24.4. The Labute approximate surface area is 243 Å². The third-order valence-corrected chi connectivity index (χ3v) is 11.6. The number of piperidine rings is 1. The zero-order chi connectivity index (χ0) is 29.2. The van der Waals surface area contributed by atoms with E-state index in [9.17, 15) is 22.4 Å². The van der Waals surface area contributed by atoms with E-state index >= 15 is 0 Å². The van der Waals surface area contributed by atoms with Crippen molar-refractivity contribution in [1.82, 2.24) is 19.4 Å². The van der Waals surface area contributed by atoms with Crippen LogP contribution in [-0.2, 0) is 26.1 Å². The second-order valence-electron chi connectivity index (χ2n) is 12.7. The predicted molar refractivity (Wildman–Crippen MR) is 154 cm³/mol. The van der Waals surface area contributed by atoms with E-state index in [1.54, 1.807) is 24.0 Å². The Morgan fingerprint density at radius 2 is 1.73 bits per heavy atom. The summed E-state index contributed by atoms with van der Waals surface area (Å²) in [5, 5.41) is 3.46. The molecule has 228 valence electrons. The topological polar surface area (TPSA) is 99.3 Å². The number of sulfonamides is 1. The molecular formula is C30H45FN4O5S. The molecule has 3 amide bonds. The Morgan fingerprint density at radius 3 is 2.29 bits per heavy atom. The molecule has 4 saturated carbocycles. The lowest BCUT2D eigenvalue weighted by atomic mass is 9.53. The summed E-state index contributed by atoms with van der Waals surface area (Å²) in [5.74, 6) is 1.39. The molecule has 6 rings (SSSR count). The minimum Gasteiger partial charge on any atom is -0.383 e. The number of likely N-dealkylation sites (tertiary alicyclic amines) is 1. The fraction of sp³-hybridized carbons (Fsp3) is 0.733. The SMILES string of the molecule is CCS(=O)(=O)N(CCOC)CC(=O)N(Cc1cccc(F)c1)C1CCN(C(=O)NC23CC4CC(CC(C4)C2)C3)CC1. The number of halogens is 1. The number of methoxy groups -OCH3 is 1. The number of ether oxygens (including phenoxy) is 1. The van der Waals surface area contributed by atoms with Crippen LogP contribution < -0.4 is 5.32 Å². The van der Waals surface area contributed by atoms with Crippen molar-refractivity contribution in [2.75, 3.05) is 45.6 Å². The molecule has 0 spiro atoms. The first-order valence-electron chi connectivity index (χ1n) is 15.2. The van der Waals surface area contributed by atoms with Gasteiger partial charge in [0.2, 0.25) is 15.9 Å². The fourth-order valence-electron chi connectivity index (χ4n) is 8.14. The first-order chi connectivity index (χ1) is 19.6. The van der Waals surface area contributed by atoms with E-state index in [-0.39, 0.29) is 61.3 Å². The van der Waals surface area contributed by atoms with Crippen LogP contribution in [0.5, 0.6) is 0 Å². The molecule has 0 radical (unpaired) electrons. The van der Waals surface area contributed by atoms with Gasteiger partial charge in [-0.3, -0.25) is 4.79 Å². The number of benzene rings is 1. The lowest BCUT2D eigenvalue weighted by molar-refractivity contribution is -0.135. The molecule has 5 fully saturated rings. The number of rotatable bonds is 11. The highest BCUT2D eigenvalue weighted by Gasteiger charge is 2.52. The molecule has 4 aliphatic carbocycles. The second kappa shape index (κ2) is 12.6. The molecule has 41 heavy (non-hydrogen) atoms. The zero-order valence-corrected chi connectivity index (χ0v) is 25.2. The standard InChI is InChI=1S/C30H45FN4O5S/c1-3-41(38,39)34(11-12-40-2)21-28(36)35(20-22-5-4-6-26(31)16-22)27-7-9-33(10-8-27)29(37)32-30-17-23-13-24(18-30)15-25(14-23)19-30/h4-6,16,23-25,27H,3,7-15,17-21H2,1-2H3,(H,32,37). The van der Waals surface area contributed by atoms with Crippen molar-refractivity contribution >= 4 is 22.0 Å². The third kappa shape index (κ3) is 7.05. The largest absolute Gasteiger partial charge is 0.383 e. The van der Waals surface area contributed by atoms with Crippen molar-refractivity contribution in [3.05, 3.63) is 35.6 Å². The van der Waals surface area contributed by atoms with Gasteiger partial charge in [-0.25, -0.2) is 17.6 Å². The molecule has 4 bridgehead atoms. The van der Waals surface area contributed by atoms with Crippen LogP contribution in [0, 0.1) is 23.6 Å². The summed E-state index contributed by atoms with van der Waals surface area (Å²) < 4.78 is 45.7. The summed E-state index contributed by atoms with van der Waals surface area (Å²) in [6.07, 6.45) is 8.39. The molecule has 1 N–H and O–H groups in total. The summed E-state index contributed by atoms with van der Waals surface area (Å²) in [7, 11) is -2.14. The minimum absolute atomic E-state index is 0.00631. The number of hydrogen-bond donors (Lipinski definition) is 1. The number of carbonyl (C=O) groups is 2. The van der Waals surface area contributed by atoms with Crippen LogP contribution in [0.1, 0.15) is 63.9 Å². The summed E-state index contributed by atoms with van der Waals surface area (Å²) in [6, 6.07) is 5.94. The van der Waals surface area contributed by atoms with Gasteiger partial charge in [0.1, 0.15) is 5.82 Å². The van der Waals surface area contributed by atoms with E-state index < -0.39 is 10.0 Å². The van der Waals surface area contributed by atoms with Crippen LogP contribution in [-0.4, -0.2) is 91.7 Å². The molecule has 9 nitrogen and oxygen atoms in total. The van der Waals surface area contributed by atoms with Gasteiger partial charge in [0, 0.05) is 44.9 Å². The lowest BCUT2D eigenvalue weighted by Gasteiger charge is -2.57. The lowest BCUT2D eigenvalue weighted by Crippen LogP contribution is -2.62. The Morgan fingerprint density at radius 1 is 1.10 bits per heavy atom. The van der Waals surface area contributed by atoms with E-state index in [2.05, 4.69) is 5.32 Å². The van der Waals surface area contributed by atoms with Crippen molar-refractivity contribution in [3.8, 4) is 0 Å². The Balaban J connectivity index is 1.25. The maximum Gasteiger partial charge on any atom is 0.317 e. The van der Waals surface area contributed by atoms with Crippen molar-refractivity contribution in [2.24, 2.45) is 17.8 Å². The maximum absolute atomic E-state index is 14.0. The van der Waals surface area contributed by atoms with E-state index in [0.29, 0.717) is 31.5 Å². The molecule has 1 aromatic rings. The molecule has 11 heteroatoms. The number of carbonyl (C=O) groups excluding carboxylic acids is 2. The fourth-order valence-corrected chi connectivity index (χ4v) is 9.16. The Hall–Kier alpha value is -2.24. The molecule has 5 aliphatic rings. The van der Waals surface area contributed by atoms with E-state index in [4.69, 9.17) is 4.74 Å². The van der Waals surface area contributed by atoms with E-state index in [1.807, 2.05) is 4.90 Å². The Kier molecular flexibility index (Phi) is 9.25. The highest BCUT2D eigenvalue weighted by molar-refractivity contribution is 7.89. The Bertz CT molecular complexity index is 1170. The van der Waals surface area contributed by atoms with Gasteiger partial charge in [-0.15, -0.1) is 0 Å². The van der Waals surface area contributed by atoms with Crippen LogP contribution >= 0.6 is 0 Å². The molecule has 1 saturated heterocycles. The van der Waals surface area contributed by atoms with Gasteiger partial charge in [0.15, 0.2) is 0 Å². The van der Waals surface area contributed by atoms with E-state index in [1.165, 1.54) is 42.8 Å². The number of amides is 3. The minimum atomic E-state index is -3.63. The van der Waals surface area contributed by atoms with Crippen molar-refractivity contribution in [3.63, 3.8) is 0 Å². The molecule has 1 aliphatic heterocycles. The first kappa shape index (κ1) is 30.2. The van der Waals surface area contributed by atoms with Crippen molar-refractivity contribution < 1.29 is 27.1 Å². The van der Waals surface area contributed by atoms with Crippen LogP contribution in [0.3, 0.4) is 0 Å². The summed E-state index contributed by atoms with van der Waals surface area (Å²) in [6.45, 7) is 2.69. The number of hydrogen-bond acceptors (Lipinski definition) is 5. The monoisotopic (exact) mass is 592 g/mol. The molecule has 0 unspecified atom stereocenters. The average molecular weight is 593 g/mol. The van der Waals surface area contributed by atoms with Crippen LogP contribution in [0.15, 0.2) is 24.3 Å². The highest BCUT2D eigenvalue weighted by Crippen LogP contribution is 2.55. The molecule has 0 aromatic heterocycles. The van der Waals surface area contributed by atoms with Crippen molar-refractivity contribution in [1.29, 1.82) is 0 Å². The van der Waals surface area contributed by atoms with Crippen LogP contribution in [0.2, 0.25) is 0 Å². The molecule has 0 atom stereocenters. The van der Waals surface area contributed by atoms with Gasteiger partial charge < -0.3 is 19.9 Å². The van der Waals surface area contributed by atoms with E-state index in [0.717, 1.165) is 37.0 Å². The van der Waals surface area contributed by atoms with Gasteiger partial charge in [0.25, 0.3) is 0 Å². The predicted octanol–water partition coefficient (Wildman–Crippen LogP) is 3.60. The highest BCUT2D eigenvalue weighted by atomic mass is 32.2. The van der Waals surface area contributed by atoms with Crippen molar-refractivity contribution in [2.45, 2.75) is 76.4 Å². The number of urea groups is 1. The number of nitrogens with zero attached hydrogens (tertiary/aromatic N) is 3. The quantitative estimate of drug-likeness (QED) is 0.424. The van der Waals surface area contributed by atoms with Gasteiger partial charge in [-0.1, -0.05) is 12.1 Å². The second-order valence-corrected chi connectivity index (χ2v) is 15.0. The number of nitrogens with one attached hydrogen (secondary N) is 1. The summed E-state index contributed by atoms with van der Waals surface area (Å²) >= 11 is 0. The molecular weight excluding hydrogens is 547 g/mol. The summed E-state index contributed by atoms with van der Waals surface area (Å²) in [5.41, 5.74) is 0.584. The molecule has 1 heterocycles.